The lowest BCUT2D eigenvalue weighted by Gasteiger charge is -2.28. The van der Waals surface area contributed by atoms with Gasteiger partial charge >= 0.3 is 0 Å². The number of rotatable bonds is 8. The van der Waals surface area contributed by atoms with Crippen molar-refractivity contribution >= 4 is 84.0 Å². The van der Waals surface area contributed by atoms with E-state index in [1.807, 2.05) is 13.6 Å². The monoisotopic (exact) mass is 901 g/mol. The predicted molar refractivity (Wildman–Crippen MR) is 292 cm³/mol. The SMILES string of the molecule is C.C.C=O.C=O.CC[Si](CC)(CC)c1cc2cc(C)ccc2n1C.CC[Si](CC)(CC)c1cc2cc(C)ccc2n1C.Cc1ccc2c(ccn2C)c1.Cc1ccc2c(ccn2C)c1. The van der Waals surface area contributed by atoms with Crippen molar-refractivity contribution in [3.05, 3.63) is 132 Å². The summed E-state index contributed by atoms with van der Waals surface area (Å²) in [5.41, 5.74) is 10.7. The van der Waals surface area contributed by atoms with Gasteiger partial charge in [-0.05, 0) is 122 Å². The summed E-state index contributed by atoms with van der Waals surface area (Å²) in [6.07, 6.45) is 4.17. The lowest BCUT2D eigenvalue weighted by molar-refractivity contribution is -0.0987. The molecule has 0 bridgehead atoms. The molecule has 8 heteroatoms. The Labute approximate surface area is 390 Å². The fourth-order valence-electron chi connectivity index (χ4n) is 9.34. The molecule has 0 radical (unpaired) electrons. The second-order valence-corrected chi connectivity index (χ2v) is 27.4. The van der Waals surface area contributed by atoms with Crippen molar-refractivity contribution in [3.8, 4) is 0 Å². The van der Waals surface area contributed by atoms with Crippen molar-refractivity contribution < 1.29 is 9.59 Å². The molecule has 0 fully saturated rings. The first kappa shape index (κ1) is 56.8. The van der Waals surface area contributed by atoms with E-state index >= 15 is 0 Å². The van der Waals surface area contributed by atoms with E-state index in [0.29, 0.717) is 0 Å². The molecule has 64 heavy (non-hydrogen) atoms. The molecule has 6 nitrogen and oxygen atoms in total. The Morgan fingerprint density at radius 1 is 0.375 bits per heavy atom. The first-order chi connectivity index (χ1) is 29.7. The van der Waals surface area contributed by atoms with E-state index in [-0.39, 0.29) is 14.9 Å². The zero-order valence-corrected chi connectivity index (χ0v) is 42.7. The number of nitrogens with zero attached hydrogens (tertiary/aromatic N) is 4. The number of hydrogen-bond acceptors (Lipinski definition) is 2. The molecular weight excluding hydrogens is 817 g/mol. The van der Waals surface area contributed by atoms with Crippen LogP contribution in [0.1, 0.15) is 78.6 Å². The predicted octanol–water partition coefficient (Wildman–Crippen LogP) is 14.3. The Bertz CT molecular complexity index is 2440. The molecular formula is C56H84N4O2Si2. The Hall–Kier alpha value is -5.19. The van der Waals surface area contributed by atoms with Crippen LogP contribution in [0.4, 0.5) is 0 Å². The van der Waals surface area contributed by atoms with Gasteiger partial charge in [0, 0.05) is 73.3 Å². The van der Waals surface area contributed by atoms with Gasteiger partial charge in [-0.25, -0.2) is 0 Å². The molecule has 4 aromatic heterocycles. The summed E-state index contributed by atoms with van der Waals surface area (Å²) in [6, 6.07) is 43.9. The van der Waals surface area contributed by atoms with Gasteiger partial charge in [-0.3, -0.25) is 0 Å². The molecule has 348 valence electrons. The van der Waals surface area contributed by atoms with Crippen LogP contribution in [-0.2, 0) is 37.8 Å². The minimum atomic E-state index is -1.28. The molecule has 8 rings (SSSR count). The summed E-state index contributed by atoms with van der Waals surface area (Å²) >= 11 is 0. The molecule has 8 aromatic rings. The topological polar surface area (TPSA) is 53.9 Å². The van der Waals surface area contributed by atoms with Gasteiger partial charge in [0.1, 0.15) is 29.7 Å². The van der Waals surface area contributed by atoms with Gasteiger partial charge in [0.05, 0.1) is 0 Å². The molecule has 0 amide bonds. The van der Waals surface area contributed by atoms with Crippen LogP contribution in [-0.4, -0.2) is 48.0 Å². The third kappa shape index (κ3) is 12.5. The lowest BCUT2D eigenvalue weighted by atomic mass is 10.2. The second-order valence-electron chi connectivity index (χ2n) is 17.0. The van der Waals surface area contributed by atoms with Crippen LogP contribution in [0.15, 0.2) is 109 Å². The maximum absolute atomic E-state index is 8.00. The molecule has 0 aliphatic rings. The van der Waals surface area contributed by atoms with Crippen molar-refractivity contribution in [2.45, 2.75) is 120 Å². The zero-order chi connectivity index (χ0) is 46.4. The van der Waals surface area contributed by atoms with Gasteiger partial charge in [-0.15, -0.1) is 0 Å². The van der Waals surface area contributed by atoms with Gasteiger partial charge in [0.25, 0.3) is 0 Å². The maximum atomic E-state index is 8.00. The van der Waals surface area contributed by atoms with Crippen LogP contribution in [0.2, 0.25) is 36.3 Å². The van der Waals surface area contributed by atoms with Crippen LogP contribution >= 0.6 is 0 Å². The van der Waals surface area contributed by atoms with E-state index in [2.05, 4.69) is 225 Å². The smallest absolute Gasteiger partial charge is 0.107 e. The summed E-state index contributed by atoms with van der Waals surface area (Å²) in [7, 11) is 6.07. The van der Waals surface area contributed by atoms with E-state index in [1.165, 1.54) is 102 Å². The molecule has 0 aliphatic carbocycles. The van der Waals surface area contributed by atoms with Crippen molar-refractivity contribution in [1.82, 2.24) is 18.3 Å². The first-order valence-corrected chi connectivity index (χ1v) is 27.7. The standard InChI is InChI=1S/2C16H25NSi.2C10H11N.2CH2O.2CH4/c2*1-6-18(7-2,8-3)16-12-14-11-13(4)9-10-15(14)17(16)5;2*1-8-3-4-10-9(7-8)5-6-11(10)2;2*1-2;;/h2*9-12H,6-8H2,1-5H3;2*3-7H,1-2H3;2*1H2;2*1H4. The molecule has 0 saturated heterocycles. The molecule has 0 unspecified atom stereocenters. The zero-order valence-electron chi connectivity index (χ0n) is 40.7. The average Bonchev–Trinajstić information content (AvgIpc) is 4.04. The molecule has 4 heterocycles. The second kappa shape index (κ2) is 25.9. The third-order valence-electron chi connectivity index (χ3n) is 13.6. The normalized spacial score (nSPS) is 10.7. The minimum absolute atomic E-state index is 0. The summed E-state index contributed by atoms with van der Waals surface area (Å²) in [5.74, 6) is 0. The largest absolute Gasteiger partial charge is 0.352 e. The Balaban J connectivity index is 0.000000420. The molecule has 0 saturated carbocycles. The maximum Gasteiger partial charge on any atom is 0.107 e. The molecule has 0 atom stereocenters. The highest BCUT2D eigenvalue weighted by Crippen LogP contribution is 2.26. The summed E-state index contributed by atoms with van der Waals surface area (Å²) in [5, 5.41) is 8.76. The first-order valence-electron chi connectivity index (χ1n) is 22.4. The Morgan fingerprint density at radius 2 is 0.625 bits per heavy atom. The van der Waals surface area contributed by atoms with E-state index in [1.54, 1.807) is 10.6 Å². The van der Waals surface area contributed by atoms with Gasteiger partial charge in [-0.2, -0.15) is 0 Å². The minimum Gasteiger partial charge on any atom is -0.352 e. The van der Waals surface area contributed by atoms with Crippen LogP contribution in [0.25, 0.3) is 43.6 Å². The molecule has 4 aromatic carbocycles. The van der Waals surface area contributed by atoms with Gasteiger partial charge < -0.3 is 27.9 Å². The Kier molecular flexibility index (Phi) is 23.0. The summed E-state index contributed by atoms with van der Waals surface area (Å²) in [4.78, 5) is 16.0. The van der Waals surface area contributed by atoms with E-state index in [9.17, 15) is 0 Å². The number of aromatic nitrogens is 4. The highest BCUT2D eigenvalue weighted by Gasteiger charge is 2.33. The van der Waals surface area contributed by atoms with Crippen molar-refractivity contribution in [2.75, 3.05) is 0 Å². The van der Waals surface area contributed by atoms with Gasteiger partial charge in [0.2, 0.25) is 0 Å². The highest BCUT2D eigenvalue weighted by molar-refractivity contribution is 6.92. The van der Waals surface area contributed by atoms with Gasteiger partial charge in [-0.1, -0.05) is 139 Å². The van der Waals surface area contributed by atoms with Crippen molar-refractivity contribution in [2.24, 2.45) is 28.2 Å². The van der Waals surface area contributed by atoms with E-state index in [0.717, 1.165) is 0 Å². The third-order valence-corrected chi connectivity index (χ3v) is 24.9. The number of hydrogen-bond donors (Lipinski definition) is 0. The van der Waals surface area contributed by atoms with Crippen LogP contribution in [0.3, 0.4) is 0 Å². The van der Waals surface area contributed by atoms with Crippen LogP contribution in [0.5, 0.6) is 0 Å². The number of carbonyl (C=O) groups excluding carboxylic acids is 2. The fourth-order valence-corrected chi connectivity index (χ4v) is 17.1. The molecule has 0 N–H and O–H groups in total. The molecule has 0 aliphatic heterocycles. The highest BCUT2D eigenvalue weighted by atomic mass is 28.3. The Morgan fingerprint density at radius 3 is 0.891 bits per heavy atom. The average molecular weight is 901 g/mol. The quantitative estimate of drug-likeness (QED) is 0.143. The van der Waals surface area contributed by atoms with Crippen molar-refractivity contribution in [1.29, 1.82) is 0 Å². The van der Waals surface area contributed by atoms with E-state index in [4.69, 9.17) is 9.59 Å². The van der Waals surface area contributed by atoms with Crippen molar-refractivity contribution in [3.63, 3.8) is 0 Å². The number of carbonyl (C=O) groups is 2. The van der Waals surface area contributed by atoms with Crippen LogP contribution < -0.4 is 10.6 Å². The van der Waals surface area contributed by atoms with Gasteiger partial charge in [0.15, 0.2) is 0 Å². The summed E-state index contributed by atoms with van der Waals surface area (Å²) in [6.45, 7) is 26.9. The number of aryl methyl sites for hydroxylation is 8. The van der Waals surface area contributed by atoms with E-state index < -0.39 is 16.1 Å². The number of fused-ring (bicyclic) bond motifs is 4. The number of benzene rings is 4. The fraction of sp³-hybridized carbons (Fsp3) is 0.393. The lowest BCUT2D eigenvalue weighted by Crippen LogP contribution is -2.48. The summed E-state index contributed by atoms with van der Waals surface area (Å²) < 4.78 is 9.18. The van der Waals surface area contributed by atoms with Crippen LogP contribution in [0, 0.1) is 27.7 Å². The molecule has 0 spiro atoms.